The number of halogens is 3. The van der Waals surface area contributed by atoms with Crippen molar-refractivity contribution < 1.29 is 18.3 Å². The van der Waals surface area contributed by atoms with E-state index < -0.39 is 17.8 Å². The first-order valence-electron chi connectivity index (χ1n) is 10.7. The monoisotopic (exact) mass is 461 g/mol. The fraction of sp³-hybridized carbons (Fsp3) is 0.409. The zero-order valence-electron chi connectivity index (χ0n) is 18.2. The van der Waals surface area contributed by atoms with Crippen molar-refractivity contribution in [2.45, 2.75) is 25.7 Å². The van der Waals surface area contributed by atoms with E-state index in [0.717, 1.165) is 42.2 Å². The summed E-state index contributed by atoms with van der Waals surface area (Å²) < 4.78 is 38.2. The summed E-state index contributed by atoms with van der Waals surface area (Å²) in [5.74, 6) is 1.25. The van der Waals surface area contributed by atoms with Gasteiger partial charge in [-0.15, -0.1) is 0 Å². The molecule has 0 aliphatic carbocycles. The quantitative estimate of drug-likeness (QED) is 0.498. The van der Waals surface area contributed by atoms with E-state index in [0.29, 0.717) is 37.8 Å². The Labute approximate surface area is 189 Å². The number of alkyl halides is 3. The number of rotatable bonds is 7. The molecule has 0 aromatic carbocycles. The number of aromatic amines is 1. The zero-order chi connectivity index (χ0) is 23.4. The number of pyridine rings is 2. The predicted molar refractivity (Wildman–Crippen MR) is 119 cm³/mol. The first-order valence-corrected chi connectivity index (χ1v) is 10.7. The highest BCUT2D eigenvalue weighted by molar-refractivity contribution is 5.63. The van der Waals surface area contributed by atoms with Crippen LogP contribution in [0.25, 0.3) is 11.3 Å². The minimum atomic E-state index is -4.38. The van der Waals surface area contributed by atoms with Crippen LogP contribution in [0.5, 0.6) is 0 Å². The van der Waals surface area contributed by atoms with Crippen molar-refractivity contribution in [1.29, 1.82) is 0 Å². The van der Waals surface area contributed by atoms with E-state index in [1.807, 2.05) is 17.0 Å². The Morgan fingerprint density at radius 2 is 1.85 bits per heavy atom. The lowest BCUT2D eigenvalue weighted by Gasteiger charge is -2.35. The second kappa shape index (κ2) is 9.75. The number of piperazine rings is 1. The number of anilines is 2. The van der Waals surface area contributed by atoms with Crippen LogP contribution in [0.2, 0.25) is 0 Å². The lowest BCUT2D eigenvalue weighted by molar-refractivity contribution is -0.137. The van der Waals surface area contributed by atoms with E-state index in [4.69, 9.17) is 0 Å². The number of nitrogens with one attached hydrogen (secondary N) is 2. The maximum Gasteiger partial charge on any atom is 0.417 e. The van der Waals surface area contributed by atoms with Gasteiger partial charge in [0.15, 0.2) is 0 Å². The highest BCUT2D eigenvalue weighted by Crippen LogP contribution is 2.29. The number of aromatic nitrogens is 4. The van der Waals surface area contributed by atoms with Gasteiger partial charge in [0.2, 0.25) is 0 Å². The summed E-state index contributed by atoms with van der Waals surface area (Å²) in [6.07, 6.45) is -0.384. The maximum absolute atomic E-state index is 12.7. The van der Waals surface area contributed by atoms with Crippen molar-refractivity contribution in [3.8, 4) is 11.3 Å². The third-order valence-electron chi connectivity index (χ3n) is 5.51. The third kappa shape index (κ3) is 5.79. The van der Waals surface area contributed by atoms with Crippen LogP contribution in [0, 0.1) is 0 Å². The molecule has 4 heterocycles. The van der Waals surface area contributed by atoms with Crippen molar-refractivity contribution in [2.24, 2.45) is 0 Å². The lowest BCUT2D eigenvalue weighted by atomic mass is 10.1. The highest BCUT2D eigenvalue weighted by atomic mass is 19.4. The molecule has 0 amide bonds. The number of hydrogen-bond acceptors (Lipinski definition) is 7. The van der Waals surface area contributed by atoms with Gasteiger partial charge in [0.25, 0.3) is 0 Å². The minimum Gasteiger partial charge on any atom is -0.392 e. The van der Waals surface area contributed by atoms with Gasteiger partial charge in [-0.05, 0) is 31.2 Å². The first kappa shape index (κ1) is 23.0. The molecule has 33 heavy (non-hydrogen) atoms. The van der Waals surface area contributed by atoms with Gasteiger partial charge in [-0.1, -0.05) is 0 Å². The average molecular weight is 461 g/mol. The maximum atomic E-state index is 12.7. The molecule has 1 aliphatic heterocycles. The first-order chi connectivity index (χ1) is 15.8. The smallest absolute Gasteiger partial charge is 0.392 e. The van der Waals surface area contributed by atoms with Crippen LogP contribution in [0.15, 0.2) is 42.9 Å². The molecule has 1 atom stereocenters. The Morgan fingerprint density at radius 1 is 1.06 bits per heavy atom. The van der Waals surface area contributed by atoms with Gasteiger partial charge >= 0.3 is 6.18 Å². The molecule has 11 heteroatoms. The molecule has 0 bridgehead atoms. The molecule has 3 aromatic heterocycles. The third-order valence-corrected chi connectivity index (χ3v) is 5.51. The summed E-state index contributed by atoms with van der Waals surface area (Å²) in [5, 5.41) is 19.7. The Morgan fingerprint density at radius 3 is 2.45 bits per heavy atom. The standard InChI is InChI=1S/C22H26F3N7O/c1-15(33)10-26-19-4-2-16(11-27-19)21-17(12-29-30-21)14-31-6-8-32(9-7-31)20-5-3-18(13-28-20)22(23,24)25/h2-5,11-13,15,33H,6-10,14H2,1H3,(H,26,27)(H,29,30). The summed E-state index contributed by atoms with van der Waals surface area (Å²) in [6, 6.07) is 6.31. The van der Waals surface area contributed by atoms with Gasteiger partial charge in [-0.3, -0.25) is 10.00 Å². The van der Waals surface area contributed by atoms with Gasteiger partial charge in [-0.2, -0.15) is 18.3 Å². The van der Waals surface area contributed by atoms with E-state index in [2.05, 4.69) is 30.4 Å². The molecule has 4 rings (SSSR count). The number of nitrogens with zero attached hydrogens (tertiary/aromatic N) is 5. The molecular weight excluding hydrogens is 435 g/mol. The summed E-state index contributed by atoms with van der Waals surface area (Å²) in [4.78, 5) is 12.7. The van der Waals surface area contributed by atoms with Crippen molar-refractivity contribution >= 4 is 11.6 Å². The van der Waals surface area contributed by atoms with Gasteiger partial charge < -0.3 is 15.3 Å². The lowest BCUT2D eigenvalue weighted by Crippen LogP contribution is -2.46. The number of aliphatic hydroxyl groups is 1. The van der Waals surface area contributed by atoms with Gasteiger partial charge in [0.05, 0.1) is 23.6 Å². The molecule has 1 fully saturated rings. The molecular formula is C22H26F3N7O. The van der Waals surface area contributed by atoms with E-state index in [-0.39, 0.29) is 0 Å². The fourth-order valence-corrected chi connectivity index (χ4v) is 3.70. The van der Waals surface area contributed by atoms with Crippen LogP contribution in [0.4, 0.5) is 24.8 Å². The molecule has 8 nitrogen and oxygen atoms in total. The molecule has 0 saturated carbocycles. The van der Waals surface area contributed by atoms with Crippen molar-refractivity contribution in [3.63, 3.8) is 0 Å². The summed E-state index contributed by atoms with van der Waals surface area (Å²) in [5.41, 5.74) is 2.12. The molecule has 176 valence electrons. The van der Waals surface area contributed by atoms with Gasteiger partial charge in [-0.25, -0.2) is 9.97 Å². The molecule has 1 saturated heterocycles. The average Bonchev–Trinajstić information content (AvgIpc) is 3.26. The van der Waals surface area contributed by atoms with Gasteiger partial charge in [0, 0.05) is 62.8 Å². The highest BCUT2D eigenvalue weighted by Gasteiger charge is 2.31. The van der Waals surface area contributed by atoms with Crippen LogP contribution < -0.4 is 10.2 Å². The van der Waals surface area contributed by atoms with Crippen LogP contribution in [0.1, 0.15) is 18.1 Å². The largest absolute Gasteiger partial charge is 0.417 e. The minimum absolute atomic E-state index is 0.426. The van der Waals surface area contributed by atoms with Gasteiger partial charge in [0.1, 0.15) is 11.6 Å². The molecule has 0 spiro atoms. The van der Waals surface area contributed by atoms with Crippen LogP contribution >= 0.6 is 0 Å². The Kier molecular flexibility index (Phi) is 6.80. The Balaban J connectivity index is 1.34. The van der Waals surface area contributed by atoms with Crippen molar-refractivity contribution in [3.05, 3.63) is 54.0 Å². The number of aliphatic hydroxyl groups excluding tert-OH is 1. The van der Waals surface area contributed by atoms with Crippen LogP contribution in [-0.4, -0.2) is 69.0 Å². The molecule has 1 unspecified atom stereocenters. The summed E-state index contributed by atoms with van der Waals surface area (Å²) in [6.45, 7) is 5.70. The molecule has 3 aromatic rings. The Bertz CT molecular complexity index is 1030. The molecule has 1 aliphatic rings. The van der Waals surface area contributed by atoms with E-state index in [1.54, 1.807) is 19.3 Å². The van der Waals surface area contributed by atoms with E-state index in [9.17, 15) is 18.3 Å². The second-order valence-corrected chi connectivity index (χ2v) is 8.10. The van der Waals surface area contributed by atoms with Crippen LogP contribution in [0.3, 0.4) is 0 Å². The normalized spacial score (nSPS) is 16.1. The van der Waals surface area contributed by atoms with E-state index >= 15 is 0 Å². The number of H-pyrrole nitrogens is 1. The molecule has 0 radical (unpaired) electrons. The summed E-state index contributed by atoms with van der Waals surface area (Å²) in [7, 11) is 0. The second-order valence-electron chi connectivity index (χ2n) is 8.10. The number of hydrogen-bond donors (Lipinski definition) is 3. The SMILES string of the molecule is CC(O)CNc1ccc(-c2[nH]ncc2CN2CCN(c3ccc(C(F)(F)F)cn3)CC2)cn1. The van der Waals surface area contributed by atoms with E-state index in [1.165, 1.54) is 6.07 Å². The zero-order valence-corrected chi connectivity index (χ0v) is 18.2. The topological polar surface area (TPSA) is 93.2 Å². The Hall–Kier alpha value is -3.18. The summed E-state index contributed by atoms with van der Waals surface area (Å²) >= 11 is 0. The van der Waals surface area contributed by atoms with Crippen LogP contribution in [-0.2, 0) is 12.7 Å². The van der Waals surface area contributed by atoms with Crippen molar-refractivity contribution in [1.82, 2.24) is 25.1 Å². The fourth-order valence-electron chi connectivity index (χ4n) is 3.70. The van der Waals surface area contributed by atoms with Crippen molar-refractivity contribution in [2.75, 3.05) is 42.9 Å². The predicted octanol–water partition coefficient (Wildman–Crippen LogP) is 3.00. The molecule has 3 N–H and O–H groups in total.